The van der Waals surface area contributed by atoms with Gasteiger partial charge in [-0.05, 0) is 41.2 Å². The second kappa shape index (κ2) is 5.47. The van der Waals surface area contributed by atoms with Crippen LogP contribution in [0.1, 0.15) is 34.6 Å². The quantitative estimate of drug-likeness (QED) is 0.730. The van der Waals surface area contributed by atoms with Gasteiger partial charge in [-0.15, -0.1) is 0 Å². The molecule has 0 amide bonds. The van der Waals surface area contributed by atoms with Crippen molar-refractivity contribution in [1.29, 1.82) is 0 Å². The smallest absolute Gasteiger partial charge is 0.0949 e. The summed E-state index contributed by atoms with van der Waals surface area (Å²) in [4.78, 5) is 4.13. The molecule has 4 nitrogen and oxygen atoms in total. The summed E-state index contributed by atoms with van der Waals surface area (Å²) in [6.45, 7) is 0.762. The van der Waals surface area contributed by atoms with Crippen molar-refractivity contribution in [1.82, 2.24) is 9.55 Å². The van der Waals surface area contributed by atoms with Crippen LogP contribution in [0.5, 0.6) is 0 Å². The minimum absolute atomic E-state index is 0.327. The van der Waals surface area contributed by atoms with E-state index in [0.717, 1.165) is 25.1 Å². The molecule has 4 heteroatoms. The molecule has 1 aliphatic carbocycles. The van der Waals surface area contributed by atoms with Gasteiger partial charge < -0.3 is 16.0 Å². The zero-order valence-corrected chi connectivity index (χ0v) is 12.9. The van der Waals surface area contributed by atoms with Crippen LogP contribution < -0.4 is 11.5 Å². The highest BCUT2D eigenvalue weighted by molar-refractivity contribution is 5.71. The molecule has 4 N–H and O–H groups in total. The summed E-state index contributed by atoms with van der Waals surface area (Å²) in [6.07, 6.45) is 7.78. The summed E-state index contributed by atoms with van der Waals surface area (Å²) in [5.74, 6) is 0.327. The molecule has 0 saturated heterocycles. The Morgan fingerprint density at radius 3 is 2.83 bits per heavy atom. The molecule has 3 aromatic rings. The third-order valence-corrected chi connectivity index (χ3v) is 4.80. The number of hydrogen-bond donors (Lipinski definition) is 2. The molecule has 1 unspecified atom stereocenters. The number of nitrogens with two attached hydrogens (primary N) is 2. The average molecular weight is 304 g/mol. The van der Waals surface area contributed by atoms with Crippen LogP contribution in [0, 0.1) is 0 Å². The van der Waals surface area contributed by atoms with E-state index >= 15 is 0 Å². The first-order chi connectivity index (χ1) is 11.2. The van der Waals surface area contributed by atoms with E-state index in [1.165, 1.54) is 22.3 Å². The number of anilines is 2. The highest BCUT2D eigenvalue weighted by atomic mass is 15.0. The molecule has 0 radical (unpaired) electrons. The van der Waals surface area contributed by atoms with E-state index in [1.807, 2.05) is 18.6 Å². The molecule has 0 saturated carbocycles. The van der Waals surface area contributed by atoms with Crippen molar-refractivity contribution in [3.63, 3.8) is 0 Å². The molecular weight excluding hydrogens is 284 g/mol. The van der Waals surface area contributed by atoms with Crippen LogP contribution in [-0.2, 0) is 13.0 Å². The first-order valence-electron chi connectivity index (χ1n) is 7.94. The molecule has 0 fully saturated rings. The minimum Gasteiger partial charge on any atom is -0.397 e. The minimum atomic E-state index is 0.327. The maximum Gasteiger partial charge on any atom is 0.0949 e. The molecule has 2 aromatic carbocycles. The van der Waals surface area contributed by atoms with Crippen LogP contribution in [-0.4, -0.2) is 9.55 Å². The number of fused-ring (bicyclic) bond motifs is 1. The molecule has 116 valence electrons. The highest BCUT2D eigenvalue weighted by Crippen LogP contribution is 2.43. The third-order valence-electron chi connectivity index (χ3n) is 4.80. The first-order valence-corrected chi connectivity index (χ1v) is 7.94. The summed E-state index contributed by atoms with van der Waals surface area (Å²) in [6, 6.07) is 12.7. The number of nitrogen functional groups attached to an aromatic ring is 2. The maximum absolute atomic E-state index is 6.40. The van der Waals surface area contributed by atoms with Gasteiger partial charge in [0.1, 0.15) is 0 Å². The van der Waals surface area contributed by atoms with Crippen LogP contribution in [0.2, 0.25) is 0 Å². The van der Waals surface area contributed by atoms with E-state index in [4.69, 9.17) is 11.5 Å². The van der Waals surface area contributed by atoms with Crippen LogP contribution in [0.25, 0.3) is 0 Å². The van der Waals surface area contributed by atoms with Gasteiger partial charge in [0.2, 0.25) is 0 Å². The zero-order valence-electron chi connectivity index (χ0n) is 12.9. The predicted molar refractivity (Wildman–Crippen MR) is 93.2 cm³/mol. The Balaban J connectivity index is 1.82. The van der Waals surface area contributed by atoms with E-state index in [1.54, 1.807) is 6.20 Å². The Kier molecular flexibility index (Phi) is 3.30. The van der Waals surface area contributed by atoms with E-state index < -0.39 is 0 Å². The van der Waals surface area contributed by atoms with Crippen molar-refractivity contribution in [2.45, 2.75) is 25.3 Å². The van der Waals surface area contributed by atoms with Crippen molar-refractivity contribution in [2.24, 2.45) is 0 Å². The lowest BCUT2D eigenvalue weighted by Gasteiger charge is -2.21. The van der Waals surface area contributed by atoms with Gasteiger partial charge >= 0.3 is 0 Å². The second-order valence-corrected chi connectivity index (χ2v) is 6.17. The Morgan fingerprint density at radius 2 is 2.00 bits per heavy atom. The van der Waals surface area contributed by atoms with Crippen molar-refractivity contribution in [2.75, 3.05) is 11.5 Å². The zero-order chi connectivity index (χ0) is 15.8. The molecule has 23 heavy (non-hydrogen) atoms. The fourth-order valence-corrected chi connectivity index (χ4v) is 3.68. The van der Waals surface area contributed by atoms with Crippen molar-refractivity contribution in [3.8, 4) is 0 Å². The maximum atomic E-state index is 6.40. The van der Waals surface area contributed by atoms with Crippen LogP contribution in [0.4, 0.5) is 11.4 Å². The number of nitrogens with zero attached hydrogens (tertiary/aromatic N) is 2. The van der Waals surface area contributed by atoms with E-state index in [0.29, 0.717) is 11.6 Å². The Labute approximate surface area is 135 Å². The number of rotatable bonds is 3. The third kappa shape index (κ3) is 2.36. The van der Waals surface area contributed by atoms with Gasteiger partial charge in [-0.25, -0.2) is 4.98 Å². The molecule has 1 aromatic heterocycles. The fraction of sp³-hybridized carbons (Fsp3) is 0.211. The summed E-state index contributed by atoms with van der Waals surface area (Å²) in [7, 11) is 0. The fourth-order valence-electron chi connectivity index (χ4n) is 3.68. The second-order valence-electron chi connectivity index (χ2n) is 6.17. The van der Waals surface area contributed by atoms with Crippen LogP contribution in [0.15, 0.2) is 55.1 Å². The van der Waals surface area contributed by atoms with Gasteiger partial charge in [-0.3, -0.25) is 0 Å². The number of hydrogen-bond acceptors (Lipinski definition) is 3. The van der Waals surface area contributed by atoms with Crippen molar-refractivity contribution in [3.05, 3.63) is 77.4 Å². The number of aryl methyl sites for hydroxylation is 1. The number of imidazole rings is 1. The average Bonchev–Trinajstić information content (AvgIpc) is 3.21. The monoisotopic (exact) mass is 304 g/mol. The summed E-state index contributed by atoms with van der Waals surface area (Å²) < 4.78 is 2.06. The van der Waals surface area contributed by atoms with Gasteiger partial charge in [0.15, 0.2) is 0 Å². The lowest BCUT2D eigenvalue weighted by molar-refractivity contribution is 0.743. The predicted octanol–water partition coefficient (Wildman–Crippen LogP) is 3.17. The van der Waals surface area contributed by atoms with Crippen molar-refractivity contribution >= 4 is 11.4 Å². The number of aromatic nitrogens is 2. The molecule has 0 aliphatic heterocycles. The molecule has 1 atom stereocenters. The Morgan fingerprint density at radius 1 is 1.13 bits per heavy atom. The van der Waals surface area contributed by atoms with Crippen LogP contribution >= 0.6 is 0 Å². The Hall–Kier alpha value is -2.75. The lowest BCUT2D eigenvalue weighted by atomic mass is 9.87. The van der Waals surface area contributed by atoms with E-state index in [2.05, 4.69) is 39.9 Å². The molecule has 1 aliphatic rings. The van der Waals surface area contributed by atoms with Gasteiger partial charge in [0, 0.05) is 24.9 Å². The van der Waals surface area contributed by atoms with Gasteiger partial charge in [0.05, 0.1) is 17.7 Å². The van der Waals surface area contributed by atoms with Gasteiger partial charge in [0.25, 0.3) is 0 Å². The highest BCUT2D eigenvalue weighted by Gasteiger charge is 2.27. The molecule has 0 spiro atoms. The molecule has 4 rings (SSSR count). The van der Waals surface area contributed by atoms with E-state index in [-0.39, 0.29) is 0 Å². The summed E-state index contributed by atoms with van der Waals surface area (Å²) in [5.41, 5.74) is 19.1. The van der Waals surface area contributed by atoms with E-state index in [9.17, 15) is 0 Å². The molecular formula is C19H20N4. The standard InChI is InChI=1S/C19H20N4/c20-17-8-6-14(11-23-10-9-22-12-23)18(19(17)21)16-7-5-13-3-1-2-4-15(13)16/h1-4,6,8-10,12,16H,5,7,11,20-21H2. The van der Waals surface area contributed by atoms with Crippen LogP contribution in [0.3, 0.4) is 0 Å². The summed E-state index contributed by atoms with van der Waals surface area (Å²) >= 11 is 0. The largest absolute Gasteiger partial charge is 0.397 e. The molecule has 0 bridgehead atoms. The Bertz CT molecular complexity index is 837. The van der Waals surface area contributed by atoms with Gasteiger partial charge in [-0.1, -0.05) is 30.3 Å². The topological polar surface area (TPSA) is 69.9 Å². The lowest BCUT2D eigenvalue weighted by Crippen LogP contribution is -2.10. The molecule has 1 heterocycles. The van der Waals surface area contributed by atoms with Crippen molar-refractivity contribution < 1.29 is 0 Å². The SMILES string of the molecule is Nc1ccc(Cn2ccnc2)c(C2CCc3ccccc32)c1N. The van der Waals surface area contributed by atoms with Gasteiger partial charge in [-0.2, -0.15) is 0 Å². The normalized spacial score (nSPS) is 16.4. The summed E-state index contributed by atoms with van der Waals surface area (Å²) in [5, 5.41) is 0. The first kappa shape index (κ1) is 13.9. The number of benzene rings is 2.